The lowest BCUT2D eigenvalue weighted by Crippen LogP contribution is -2.01. The van der Waals surface area contributed by atoms with Gasteiger partial charge in [-0.25, -0.2) is 0 Å². The molecular weight excluding hydrogens is 246 g/mol. The van der Waals surface area contributed by atoms with E-state index in [0.29, 0.717) is 0 Å². The van der Waals surface area contributed by atoms with Crippen molar-refractivity contribution in [1.29, 1.82) is 0 Å². The van der Waals surface area contributed by atoms with E-state index < -0.39 is 0 Å². The largest absolute Gasteiger partial charge is 0.508 e. The predicted octanol–water partition coefficient (Wildman–Crippen LogP) is 3.62. The molecule has 2 N–H and O–H groups in total. The number of aromatic hydroxyl groups is 1. The van der Waals surface area contributed by atoms with Crippen molar-refractivity contribution in [2.45, 2.75) is 10.3 Å². The summed E-state index contributed by atoms with van der Waals surface area (Å²) in [5, 5.41) is 13.4. The Balaban J connectivity index is 1.94. The number of nitrogens with one attached hydrogen (secondary N) is 1. The molecule has 0 radical (unpaired) electrons. The van der Waals surface area contributed by atoms with Gasteiger partial charge in [-0.1, -0.05) is 23.9 Å². The quantitative estimate of drug-likeness (QED) is 0.864. The highest BCUT2D eigenvalue weighted by atomic mass is 32.2. The van der Waals surface area contributed by atoms with E-state index in [1.165, 1.54) is 4.90 Å². The average molecular weight is 259 g/mol. The number of fused-ring (bicyclic) bond motifs is 1. The third-order valence-electron chi connectivity index (χ3n) is 2.94. The molecule has 1 aliphatic heterocycles. The van der Waals surface area contributed by atoms with Gasteiger partial charge in [-0.05, 0) is 30.3 Å². The molecule has 0 fully saturated rings. The number of para-hydroxylation sites is 1. The highest BCUT2D eigenvalue weighted by molar-refractivity contribution is 8.00. The van der Waals surface area contributed by atoms with E-state index in [4.69, 9.17) is 4.74 Å². The minimum Gasteiger partial charge on any atom is -0.508 e. The van der Waals surface area contributed by atoms with Crippen LogP contribution in [0.1, 0.15) is 10.9 Å². The van der Waals surface area contributed by atoms with Crippen molar-refractivity contribution in [2.24, 2.45) is 0 Å². The number of phenols is 1. The normalized spacial score (nSPS) is 17.1. The Morgan fingerprint density at radius 1 is 1.22 bits per heavy atom. The van der Waals surface area contributed by atoms with E-state index in [0.717, 1.165) is 17.0 Å². The smallest absolute Gasteiger partial charge is 0.122 e. The van der Waals surface area contributed by atoms with E-state index in [2.05, 4.69) is 11.4 Å². The van der Waals surface area contributed by atoms with Crippen molar-refractivity contribution in [3.8, 4) is 11.5 Å². The summed E-state index contributed by atoms with van der Waals surface area (Å²) in [6.07, 6.45) is 0. The predicted molar refractivity (Wildman–Crippen MR) is 73.3 cm³/mol. The van der Waals surface area contributed by atoms with Gasteiger partial charge in [0.15, 0.2) is 0 Å². The van der Waals surface area contributed by atoms with Crippen molar-refractivity contribution in [2.75, 3.05) is 12.4 Å². The number of rotatable bonds is 2. The van der Waals surface area contributed by atoms with Crippen molar-refractivity contribution in [3.63, 3.8) is 0 Å². The third-order valence-corrected chi connectivity index (χ3v) is 4.15. The molecule has 3 rings (SSSR count). The van der Waals surface area contributed by atoms with Crippen LogP contribution >= 0.6 is 11.8 Å². The van der Waals surface area contributed by atoms with Gasteiger partial charge in [0.25, 0.3) is 0 Å². The van der Waals surface area contributed by atoms with Crippen LogP contribution in [0, 0.1) is 0 Å². The van der Waals surface area contributed by atoms with Crippen LogP contribution in [0.3, 0.4) is 0 Å². The molecule has 0 aliphatic carbocycles. The lowest BCUT2D eigenvalue weighted by atomic mass is 10.2. The second-order valence-electron chi connectivity index (χ2n) is 4.06. The number of hydrogen-bond acceptors (Lipinski definition) is 4. The number of methoxy groups -OCH3 is 1. The molecule has 1 heterocycles. The monoisotopic (exact) mass is 259 g/mol. The van der Waals surface area contributed by atoms with Crippen molar-refractivity contribution in [1.82, 2.24) is 0 Å². The Morgan fingerprint density at radius 2 is 2.06 bits per heavy atom. The van der Waals surface area contributed by atoms with Gasteiger partial charge in [-0.15, -0.1) is 0 Å². The highest BCUT2D eigenvalue weighted by Gasteiger charge is 2.24. The minimum absolute atomic E-state index is 0.0255. The molecular formula is C14H13NO2S. The molecule has 1 aliphatic rings. The van der Waals surface area contributed by atoms with E-state index in [-0.39, 0.29) is 11.1 Å². The summed E-state index contributed by atoms with van der Waals surface area (Å²) in [5.74, 6) is 1.04. The van der Waals surface area contributed by atoms with Crippen molar-refractivity contribution >= 4 is 17.4 Å². The van der Waals surface area contributed by atoms with Gasteiger partial charge in [0, 0.05) is 16.1 Å². The lowest BCUT2D eigenvalue weighted by molar-refractivity contribution is 0.411. The Kier molecular flexibility index (Phi) is 2.80. The third kappa shape index (κ3) is 1.88. The van der Waals surface area contributed by atoms with E-state index in [9.17, 15) is 5.11 Å². The van der Waals surface area contributed by atoms with Gasteiger partial charge in [-0.2, -0.15) is 0 Å². The molecule has 1 atom stereocenters. The topological polar surface area (TPSA) is 41.5 Å². The second-order valence-corrected chi connectivity index (χ2v) is 5.21. The number of phenolic OH excluding ortho intramolecular Hbond substituents is 1. The Bertz CT molecular complexity index is 561. The number of hydrogen-bond donors (Lipinski definition) is 2. The maximum absolute atomic E-state index is 9.96. The molecule has 0 bridgehead atoms. The van der Waals surface area contributed by atoms with Gasteiger partial charge in [-0.3, -0.25) is 0 Å². The fourth-order valence-corrected chi connectivity index (χ4v) is 3.16. The van der Waals surface area contributed by atoms with Crippen molar-refractivity contribution < 1.29 is 9.84 Å². The molecule has 2 aromatic carbocycles. The summed E-state index contributed by atoms with van der Waals surface area (Å²) in [7, 11) is 1.63. The second kappa shape index (κ2) is 4.46. The highest BCUT2D eigenvalue weighted by Crippen LogP contribution is 2.48. The summed E-state index contributed by atoms with van der Waals surface area (Å²) >= 11 is 1.70. The first-order valence-corrected chi connectivity index (χ1v) is 6.55. The molecule has 92 valence electrons. The summed E-state index contributed by atoms with van der Waals surface area (Å²) in [4.78, 5) is 1.20. The molecule has 0 aromatic heterocycles. The first-order chi connectivity index (χ1) is 8.78. The summed E-state index contributed by atoms with van der Waals surface area (Å²) in [5.41, 5.74) is 1.95. The van der Waals surface area contributed by atoms with Gasteiger partial charge in [0.2, 0.25) is 0 Å². The molecule has 0 saturated heterocycles. The van der Waals surface area contributed by atoms with E-state index in [1.54, 1.807) is 31.0 Å². The van der Waals surface area contributed by atoms with Crippen LogP contribution < -0.4 is 10.1 Å². The minimum atomic E-state index is 0.0255. The molecule has 2 aromatic rings. The fourth-order valence-electron chi connectivity index (χ4n) is 2.00. The molecule has 3 nitrogen and oxygen atoms in total. The number of thioether (sulfide) groups is 1. The van der Waals surface area contributed by atoms with Crippen LogP contribution in [-0.4, -0.2) is 12.2 Å². The summed E-state index contributed by atoms with van der Waals surface area (Å²) < 4.78 is 5.20. The van der Waals surface area contributed by atoms with E-state index >= 15 is 0 Å². The Labute approximate surface area is 110 Å². The number of ether oxygens (including phenoxy) is 1. The molecule has 4 heteroatoms. The number of anilines is 1. The molecule has 0 amide bonds. The Morgan fingerprint density at radius 3 is 2.83 bits per heavy atom. The Hall–Kier alpha value is -1.81. The van der Waals surface area contributed by atoms with Crippen LogP contribution in [0.4, 0.5) is 5.69 Å². The van der Waals surface area contributed by atoms with Crippen LogP contribution in [0.15, 0.2) is 47.4 Å². The van der Waals surface area contributed by atoms with E-state index in [1.807, 2.05) is 24.3 Å². The standard InChI is InChI=1S/C14H13NO2S/c1-17-9-6-7-12(16)10(8-9)14-15-11-4-2-3-5-13(11)18-14/h2-8,14-16H,1H3/t14-/m0/s1. The van der Waals surface area contributed by atoms with Crippen molar-refractivity contribution in [3.05, 3.63) is 48.0 Å². The summed E-state index contributed by atoms with van der Waals surface area (Å²) in [6, 6.07) is 13.4. The SMILES string of the molecule is COc1ccc(O)c([C@H]2Nc3ccccc3S2)c1. The molecule has 0 saturated carbocycles. The zero-order valence-electron chi connectivity index (χ0n) is 9.88. The average Bonchev–Trinajstić information content (AvgIpc) is 2.82. The van der Waals surface area contributed by atoms with Crippen LogP contribution in [0.2, 0.25) is 0 Å². The first kappa shape index (κ1) is 11.3. The zero-order valence-corrected chi connectivity index (χ0v) is 10.7. The van der Waals surface area contributed by atoms with Crippen LogP contribution in [0.5, 0.6) is 11.5 Å². The lowest BCUT2D eigenvalue weighted by Gasteiger charge is -2.13. The fraction of sp³-hybridized carbons (Fsp3) is 0.143. The van der Waals surface area contributed by atoms with Crippen LogP contribution in [-0.2, 0) is 0 Å². The number of benzene rings is 2. The summed E-state index contributed by atoms with van der Waals surface area (Å²) in [6.45, 7) is 0. The maximum atomic E-state index is 9.96. The molecule has 0 spiro atoms. The van der Waals surface area contributed by atoms with Gasteiger partial charge in [0.1, 0.15) is 16.9 Å². The first-order valence-electron chi connectivity index (χ1n) is 5.67. The maximum Gasteiger partial charge on any atom is 0.122 e. The van der Waals surface area contributed by atoms with Crippen LogP contribution in [0.25, 0.3) is 0 Å². The van der Waals surface area contributed by atoms with Gasteiger partial charge < -0.3 is 15.2 Å². The van der Waals surface area contributed by atoms with Gasteiger partial charge in [0.05, 0.1) is 7.11 Å². The molecule has 0 unspecified atom stereocenters. The molecule has 18 heavy (non-hydrogen) atoms. The zero-order chi connectivity index (χ0) is 12.5. The van der Waals surface area contributed by atoms with Gasteiger partial charge >= 0.3 is 0 Å².